The quantitative estimate of drug-likeness (QED) is 0.868. The standard InChI is InChI=1S/C15H24N2O/c1-3-15(11-16,12-18-2)17-10-6-8-13-7-4-5-9-14(13)17/h4-5,7,9H,3,6,8,10-12,16H2,1-2H3. The molecule has 0 fully saturated rings. The molecule has 1 atom stereocenters. The molecule has 0 spiro atoms. The van der Waals surface area contributed by atoms with Gasteiger partial charge >= 0.3 is 0 Å². The Labute approximate surface area is 110 Å². The molecular formula is C15H24N2O. The smallest absolute Gasteiger partial charge is 0.0754 e. The molecule has 2 rings (SSSR count). The zero-order valence-electron chi connectivity index (χ0n) is 11.5. The first-order valence-corrected chi connectivity index (χ1v) is 6.82. The second kappa shape index (κ2) is 5.72. The highest BCUT2D eigenvalue weighted by Gasteiger charge is 2.36. The van der Waals surface area contributed by atoms with Crippen molar-refractivity contribution in [3.8, 4) is 0 Å². The number of rotatable bonds is 5. The van der Waals surface area contributed by atoms with Crippen LogP contribution in [0.1, 0.15) is 25.3 Å². The molecule has 3 nitrogen and oxygen atoms in total. The number of nitrogens with zero attached hydrogens (tertiary/aromatic N) is 1. The van der Waals surface area contributed by atoms with Crippen molar-refractivity contribution >= 4 is 5.69 Å². The van der Waals surface area contributed by atoms with Crippen LogP contribution >= 0.6 is 0 Å². The summed E-state index contributed by atoms with van der Waals surface area (Å²) in [5.41, 5.74) is 8.78. The van der Waals surface area contributed by atoms with Crippen molar-refractivity contribution in [3.63, 3.8) is 0 Å². The molecule has 1 aromatic rings. The largest absolute Gasteiger partial charge is 0.382 e. The monoisotopic (exact) mass is 248 g/mol. The maximum Gasteiger partial charge on any atom is 0.0754 e. The van der Waals surface area contributed by atoms with Crippen LogP contribution in [-0.4, -0.2) is 32.3 Å². The van der Waals surface area contributed by atoms with Gasteiger partial charge in [-0.15, -0.1) is 0 Å². The Bertz CT molecular complexity index is 388. The van der Waals surface area contributed by atoms with E-state index in [1.165, 1.54) is 24.1 Å². The summed E-state index contributed by atoms with van der Waals surface area (Å²) in [6.07, 6.45) is 3.37. The first kappa shape index (κ1) is 13.4. The fourth-order valence-corrected chi connectivity index (χ4v) is 2.98. The number of methoxy groups -OCH3 is 1. The summed E-state index contributed by atoms with van der Waals surface area (Å²) in [7, 11) is 1.76. The lowest BCUT2D eigenvalue weighted by Gasteiger charge is -2.46. The van der Waals surface area contributed by atoms with Gasteiger partial charge in [0.2, 0.25) is 0 Å². The van der Waals surface area contributed by atoms with Gasteiger partial charge in [0.1, 0.15) is 0 Å². The maximum absolute atomic E-state index is 6.07. The van der Waals surface area contributed by atoms with Gasteiger partial charge in [0.25, 0.3) is 0 Å². The van der Waals surface area contributed by atoms with Crippen LogP contribution in [0.15, 0.2) is 24.3 Å². The number of nitrogens with two attached hydrogens (primary N) is 1. The van der Waals surface area contributed by atoms with Crippen molar-refractivity contribution in [1.82, 2.24) is 0 Å². The lowest BCUT2D eigenvalue weighted by Crippen LogP contribution is -2.58. The summed E-state index contributed by atoms with van der Waals surface area (Å²) in [5, 5.41) is 0. The van der Waals surface area contributed by atoms with Crippen molar-refractivity contribution in [3.05, 3.63) is 29.8 Å². The summed E-state index contributed by atoms with van der Waals surface area (Å²) >= 11 is 0. The Kier molecular flexibility index (Phi) is 4.25. The number of anilines is 1. The molecule has 2 N–H and O–H groups in total. The van der Waals surface area contributed by atoms with Gasteiger partial charge in [-0.1, -0.05) is 25.1 Å². The summed E-state index contributed by atoms with van der Waals surface area (Å²) < 4.78 is 5.44. The average Bonchev–Trinajstić information content (AvgIpc) is 2.44. The van der Waals surface area contributed by atoms with Crippen LogP contribution in [0.2, 0.25) is 0 Å². The van der Waals surface area contributed by atoms with Crippen LogP contribution in [0.25, 0.3) is 0 Å². The van der Waals surface area contributed by atoms with Crippen molar-refractivity contribution in [2.45, 2.75) is 31.7 Å². The normalized spacial score (nSPS) is 18.3. The lowest BCUT2D eigenvalue weighted by molar-refractivity contribution is 0.126. The number of hydrogen-bond donors (Lipinski definition) is 1. The lowest BCUT2D eigenvalue weighted by atomic mass is 9.89. The van der Waals surface area contributed by atoms with Gasteiger partial charge in [-0.2, -0.15) is 0 Å². The zero-order valence-corrected chi connectivity index (χ0v) is 11.5. The summed E-state index contributed by atoms with van der Waals surface area (Å²) in [5.74, 6) is 0. The Hall–Kier alpha value is -1.06. The van der Waals surface area contributed by atoms with E-state index in [0.29, 0.717) is 13.2 Å². The molecule has 1 unspecified atom stereocenters. The number of hydrogen-bond acceptors (Lipinski definition) is 3. The molecule has 1 aliphatic heterocycles. The Balaban J connectivity index is 2.38. The summed E-state index contributed by atoms with van der Waals surface area (Å²) in [4.78, 5) is 2.47. The topological polar surface area (TPSA) is 38.5 Å². The number of para-hydroxylation sites is 1. The third-order valence-electron chi connectivity index (χ3n) is 4.13. The summed E-state index contributed by atoms with van der Waals surface area (Å²) in [6, 6.07) is 8.67. The minimum atomic E-state index is -0.0642. The van der Waals surface area contributed by atoms with E-state index in [0.717, 1.165) is 13.0 Å². The fourth-order valence-electron chi connectivity index (χ4n) is 2.98. The molecule has 1 aliphatic rings. The van der Waals surface area contributed by atoms with Gasteiger partial charge in [0.05, 0.1) is 12.1 Å². The Morgan fingerprint density at radius 3 is 2.83 bits per heavy atom. The molecule has 0 aliphatic carbocycles. The van der Waals surface area contributed by atoms with E-state index in [9.17, 15) is 0 Å². The Morgan fingerprint density at radius 2 is 2.17 bits per heavy atom. The fraction of sp³-hybridized carbons (Fsp3) is 0.600. The van der Waals surface area contributed by atoms with Crippen LogP contribution in [-0.2, 0) is 11.2 Å². The minimum Gasteiger partial charge on any atom is -0.382 e. The highest BCUT2D eigenvalue weighted by atomic mass is 16.5. The van der Waals surface area contributed by atoms with Gasteiger partial charge in [-0.05, 0) is 30.9 Å². The summed E-state index contributed by atoms with van der Waals surface area (Å²) in [6.45, 7) is 4.59. The predicted molar refractivity (Wildman–Crippen MR) is 76.1 cm³/mol. The van der Waals surface area contributed by atoms with Crippen molar-refractivity contribution in [1.29, 1.82) is 0 Å². The van der Waals surface area contributed by atoms with Crippen LogP contribution in [0.5, 0.6) is 0 Å². The van der Waals surface area contributed by atoms with Crippen molar-refractivity contribution in [2.24, 2.45) is 5.73 Å². The molecule has 0 amide bonds. The number of fused-ring (bicyclic) bond motifs is 1. The molecular weight excluding hydrogens is 224 g/mol. The first-order valence-electron chi connectivity index (χ1n) is 6.82. The first-order chi connectivity index (χ1) is 8.77. The SMILES string of the molecule is CCC(CN)(COC)N1CCCc2ccccc21. The highest BCUT2D eigenvalue weighted by Crippen LogP contribution is 2.34. The maximum atomic E-state index is 6.07. The van der Waals surface area contributed by atoms with E-state index in [2.05, 4.69) is 36.1 Å². The van der Waals surface area contributed by atoms with Gasteiger partial charge < -0.3 is 15.4 Å². The third kappa shape index (κ3) is 2.25. The van der Waals surface area contributed by atoms with Gasteiger partial charge in [-0.25, -0.2) is 0 Å². The molecule has 0 saturated carbocycles. The number of benzene rings is 1. The van der Waals surface area contributed by atoms with Crippen molar-refractivity contribution in [2.75, 3.05) is 31.7 Å². The predicted octanol–water partition coefficient (Wildman–Crippen LogP) is 2.19. The van der Waals surface area contributed by atoms with E-state index in [-0.39, 0.29) is 5.54 Å². The Morgan fingerprint density at radius 1 is 1.39 bits per heavy atom. The molecule has 0 bridgehead atoms. The molecule has 3 heteroatoms. The number of ether oxygens (including phenoxy) is 1. The van der Waals surface area contributed by atoms with Crippen LogP contribution in [0.3, 0.4) is 0 Å². The molecule has 100 valence electrons. The molecule has 18 heavy (non-hydrogen) atoms. The molecule has 0 saturated heterocycles. The van der Waals surface area contributed by atoms with Crippen molar-refractivity contribution < 1.29 is 4.74 Å². The van der Waals surface area contributed by atoms with Crippen LogP contribution < -0.4 is 10.6 Å². The minimum absolute atomic E-state index is 0.0642. The van der Waals surface area contributed by atoms with E-state index in [4.69, 9.17) is 10.5 Å². The van der Waals surface area contributed by atoms with Gasteiger partial charge in [-0.3, -0.25) is 0 Å². The third-order valence-corrected chi connectivity index (χ3v) is 4.13. The van der Waals surface area contributed by atoms with Gasteiger partial charge in [0, 0.05) is 25.9 Å². The second-order valence-electron chi connectivity index (χ2n) is 5.10. The second-order valence-corrected chi connectivity index (χ2v) is 5.10. The molecule has 0 radical (unpaired) electrons. The molecule has 1 aromatic carbocycles. The van der Waals surface area contributed by atoms with E-state index < -0.39 is 0 Å². The zero-order chi connectivity index (χ0) is 13.0. The van der Waals surface area contributed by atoms with Crippen LogP contribution in [0.4, 0.5) is 5.69 Å². The average molecular weight is 248 g/mol. The van der Waals surface area contributed by atoms with Gasteiger partial charge in [0.15, 0.2) is 0 Å². The highest BCUT2D eigenvalue weighted by molar-refractivity contribution is 5.57. The van der Waals surface area contributed by atoms with Crippen LogP contribution in [0, 0.1) is 0 Å². The van der Waals surface area contributed by atoms with E-state index >= 15 is 0 Å². The number of aryl methyl sites for hydroxylation is 1. The molecule has 1 heterocycles. The molecule has 0 aromatic heterocycles. The van der Waals surface area contributed by atoms with E-state index in [1.807, 2.05) is 0 Å². The van der Waals surface area contributed by atoms with E-state index in [1.54, 1.807) is 7.11 Å².